The largest absolute Gasteiger partial charge is 0.0792 e. The fourth-order valence-corrected chi connectivity index (χ4v) is 5.96. The van der Waals surface area contributed by atoms with Crippen LogP contribution in [0.3, 0.4) is 0 Å². The van der Waals surface area contributed by atoms with Crippen molar-refractivity contribution in [3.05, 3.63) is 21.3 Å². The summed E-state index contributed by atoms with van der Waals surface area (Å²) in [5.74, 6) is 2.60. The molecule has 4 atom stereocenters. The number of rotatable bonds is 0. The highest BCUT2D eigenvalue weighted by molar-refractivity contribution is 14.1. The Morgan fingerprint density at radius 3 is 2.67 bits per heavy atom. The first kappa shape index (κ1) is 13.9. The minimum Gasteiger partial charge on any atom is -0.0792 e. The van der Waals surface area contributed by atoms with Gasteiger partial charge in [-0.1, -0.05) is 61.1 Å². The second-order valence-corrected chi connectivity index (χ2v) is 11.2. The van der Waals surface area contributed by atoms with Crippen LogP contribution in [0.5, 0.6) is 0 Å². The van der Waals surface area contributed by atoms with Gasteiger partial charge in [0, 0.05) is 3.42 Å². The number of hydrogen-bond acceptors (Lipinski definition) is 0. The van der Waals surface area contributed by atoms with Gasteiger partial charge in [-0.3, -0.25) is 0 Å². The van der Waals surface area contributed by atoms with Crippen molar-refractivity contribution in [2.24, 2.45) is 23.2 Å². The van der Waals surface area contributed by atoms with E-state index in [1.54, 1.807) is 9.15 Å². The van der Waals surface area contributed by atoms with Crippen LogP contribution in [-0.4, -0.2) is 3.42 Å². The first-order chi connectivity index (χ1) is 8.31. The Balaban J connectivity index is 1.98. The molecule has 2 fully saturated rings. The molecule has 3 rings (SSSR count). The van der Waals surface area contributed by atoms with Crippen molar-refractivity contribution >= 4 is 45.2 Å². The molecule has 0 nitrogen and oxygen atoms in total. The standard InChI is InChI=1S/C16H22I2/c1-15(2)13-8-10(17)4-5-11(13)12-6-7-16(3,18)9-14(12)15/h4-5,12-14H,6-9H2,1-3H3. The van der Waals surface area contributed by atoms with Crippen molar-refractivity contribution in [3.8, 4) is 0 Å². The van der Waals surface area contributed by atoms with E-state index >= 15 is 0 Å². The molecule has 100 valence electrons. The number of fused-ring (bicyclic) bond motifs is 3. The molecule has 3 aliphatic carbocycles. The number of allylic oxidation sites excluding steroid dienone is 4. The van der Waals surface area contributed by atoms with E-state index in [0.717, 1.165) is 17.8 Å². The summed E-state index contributed by atoms with van der Waals surface area (Å²) in [6.45, 7) is 7.52. The van der Waals surface area contributed by atoms with Crippen molar-refractivity contribution < 1.29 is 0 Å². The maximum atomic E-state index is 2.71. The normalized spacial score (nSPS) is 45.9. The van der Waals surface area contributed by atoms with Gasteiger partial charge in [0.25, 0.3) is 0 Å². The van der Waals surface area contributed by atoms with E-state index < -0.39 is 0 Å². The molecule has 3 aliphatic rings. The molecule has 0 aliphatic heterocycles. The zero-order valence-electron chi connectivity index (χ0n) is 11.5. The van der Waals surface area contributed by atoms with Crippen LogP contribution in [0.25, 0.3) is 0 Å². The summed E-state index contributed by atoms with van der Waals surface area (Å²) in [4.78, 5) is 0. The second kappa shape index (κ2) is 4.47. The topological polar surface area (TPSA) is 0 Å². The molecule has 0 aromatic rings. The van der Waals surface area contributed by atoms with Gasteiger partial charge in [-0.15, -0.1) is 0 Å². The fraction of sp³-hybridized carbons (Fsp3) is 0.750. The zero-order valence-corrected chi connectivity index (χ0v) is 15.8. The molecule has 18 heavy (non-hydrogen) atoms. The molecule has 0 saturated heterocycles. The maximum absolute atomic E-state index is 2.71. The van der Waals surface area contributed by atoms with Gasteiger partial charge in [0.15, 0.2) is 0 Å². The average molecular weight is 468 g/mol. The molecule has 0 aromatic carbocycles. The Labute approximate surface area is 138 Å². The summed E-state index contributed by atoms with van der Waals surface area (Å²) in [7, 11) is 0. The van der Waals surface area contributed by atoms with Crippen LogP contribution in [0.4, 0.5) is 0 Å². The minimum atomic E-state index is 0.494. The summed E-state index contributed by atoms with van der Waals surface area (Å²) >= 11 is 5.23. The van der Waals surface area contributed by atoms with Gasteiger partial charge < -0.3 is 0 Å². The van der Waals surface area contributed by atoms with Gasteiger partial charge in [0.1, 0.15) is 0 Å². The molecule has 0 amide bonds. The first-order valence-electron chi connectivity index (χ1n) is 7.06. The highest BCUT2D eigenvalue weighted by Crippen LogP contribution is 2.63. The summed E-state index contributed by atoms with van der Waals surface area (Å²) in [6, 6.07) is 0. The molecule has 0 radical (unpaired) electrons. The molecule has 0 aromatic heterocycles. The van der Waals surface area contributed by atoms with Crippen LogP contribution in [-0.2, 0) is 0 Å². The Morgan fingerprint density at radius 2 is 1.94 bits per heavy atom. The third-order valence-corrected chi connectivity index (χ3v) is 7.43. The van der Waals surface area contributed by atoms with Gasteiger partial charge in [0.05, 0.1) is 0 Å². The van der Waals surface area contributed by atoms with Crippen LogP contribution in [0.2, 0.25) is 0 Å². The van der Waals surface area contributed by atoms with E-state index in [1.165, 1.54) is 25.7 Å². The van der Waals surface area contributed by atoms with Crippen LogP contribution in [0.1, 0.15) is 46.5 Å². The minimum absolute atomic E-state index is 0.494. The van der Waals surface area contributed by atoms with Crippen LogP contribution in [0.15, 0.2) is 21.3 Å². The molecule has 0 spiro atoms. The first-order valence-corrected chi connectivity index (χ1v) is 9.22. The van der Waals surface area contributed by atoms with Gasteiger partial charge in [-0.2, -0.15) is 0 Å². The lowest BCUT2D eigenvalue weighted by atomic mass is 9.66. The Morgan fingerprint density at radius 1 is 1.22 bits per heavy atom. The predicted octanol–water partition coefficient (Wildman–Crippen LogP) is 5.90. The quantitative estimate of drug-likeness (QED) is 0.307. The van der Waals surface area contributed by atoms with E-state index in [1.807, 2.05) is 0 Å². The van der Waals surface area contributed by atoms with Crippen molar-refractivity contribution in [1.82, 2.24) is 0 Å². The van der Waals surface area contributed by atoms with Crippen molar-refractivity contribution in [3.63, 3.8) is 0 Å². The van der Waals surface area contributed by atoms with Crippen LogP contribution >= 0.6 is 45.2 Å². The lowest BCUT2D eigenvalue weighted by Gasteiger charge is -2.42. The molecule has 4 unspecified atom stereocenters. The van der Waals surface area contributed by atoms with Gasteiger partial charge in [-0.05, 0) is 75.0 Å². The molecule has 0 bridgehead atoms. The van der Waals surface area contributed by atoms with Crippen molar-refractivity contribution in [2.45, 2.75) is 49.9 Å². The van der Waals surface area contributed by atoms with E-state index in [0.29, 0.717) is 8.84 Å². The lowest BCUT2D eigenvalue weighted by molar-refractivity contribution is 0.124. The van der Waals surface area contributed by atoms with Crippen molar-refractivity contribution in [1.29, 1.82) is 0 Å². The summed E-state index contributed by atoms with van der Waals surface area (Å²) in [6.07, 6.45) is 10.4. The number of halogens is 2. The smallest absolute Gasteiger partial charge is 0.0197 e. The maximum Gasteiger partial charge on any atom is 0.0197 e. The van der Waals surface area contributed by atoms with Crippen LogP contribution in [0, 0.1) is 23.2 Å². The monoisotopic (exact) mass is 468 g/mol. The van der Waals surface area contributed by atoms with Gasteiger partial charge >= 0.3 is 0 Å². The average Bonchev–Trinajstić information content (AvgIpc) is 2.47. The van der Waals surface area contributed by atoms with Crippen molar-refractivity contribution in [2.75, 3.05) is 0 Å². The number of hydrogen-bond donors (Lipinski definition) is 0. The Kier molecular flexibility index (Phi) is 3.45. The third kappa shape index (κ3) is 2.13. The summed E-state index contributed by atoms with van der Waals surface area (Å²) < 4.78 is 2.08. The third-order valence-electron chi connectivity index (χ3n) is 5.65. The van der Waals surface area contributed by atoms with Crippen LogP contribution < -0.4 is 0 Å². The molecular formula is C16H22I2. The highest BCUT2D eigenvalue weighted by Gasteiger charge is 2.55. The molecular weight excluding hydrogens is 446 g/mol. The summed E-state index contributed by atoms with van der Waals surface area (Å²) in [5.41, 5.74) is 2.28. The molecule has 0 heterocycles. The molecule has 2 saturated carbocycles. The van der Waals surface area contributed by atoms with Gasteiger partial charge in [0.2, 0.25) is 0 Å². The summed E-state index contributed by atoms with van der Waals surface area (Å²) in [5, 5.41) is 0. The SMILES string of the molecule is CC1(I)CCC2C3=CC=C(I)CC3C(C)(C)C2C1. The van der Waals surface area contributed by atoms with E-state index in [2.05, 4.69) is 78.1 Å². The van der Waals surface area contributed by atoms with Gasteiger partial charge in [-0.25, -0.2) is 0 Å². The Hall–Kier alpha value is 0.940. The predicted molar refractivity (Wildman–Crippen MR) is 95.3 cm³/mol. The Bertz CT molecular complexity index is 428. The fourth-order valence-electron chi connectivity index (χ4n) is 4.56. The van der Waals surface area contributed by atoms with E-state index in [4.69, 9.17) is 0 Å². The second-order valence-electron chi connectivity index (χ2n) is 7.23. The number of alkyl halides is 1. The molecule has 0 N–H and O–H groups in total. The highest BCUT2D eigenvalue weighted by atomic mass is 127. The van der Waals surface area contributed by atoms with E-state index in [9.17, 15) is 0 Å². The molecule has 2 heteroatoms. The van der Waals surface area contributed by atoms with E-state index in [-0.39, 0.29) is 0 Å². The zero-order chi connectivity index (χ0) is 13.1. The lowest BCUT2D eigenvalue weighted by Crippen LogP contribution is -2.36.